The Balaban J connectivity index is 1.91. The lowest BCUT2D eigenvalue weighted by molar-refractivity contribution is 0.340. The Morgan fingerprint density at radius 2 is 2.21 bits per heavy atom. The molecule has 1 aromatic heterocycles. The van der Waals surface area contributed by atoms with E-state index in [1.54, 1.807) is 0 Å². The molecule has 0 amide bonds. The molecule has 1 aromatic carbocycles. The molecule has 0 aliphatic carbocycles. The lowest BCUT2D eigenvalue weighted by Gasteiger charge is -2.04. The number of hydrogen-bond donors (Lipinski definition) is 1. The summed E-state index contributed by atoms with van der Waals surface area (Å²) < 4.78 is 5.47. The fraction of sp³-hybridized carbons (Fsp3) is 0.462. The molecule has 19 heavy (non-hydrogen) atoms. The molecule has 0 unspecified atom stereocenters. The molecule has 6 nitrogen and oxygen atoms in total. The molecular weight excluding hydrogens is 242 g/mol. The smallest absolute Gasteiger partial charge is 0.175 e. The standard InChI is InChI=1S/C13H19N5O/c1-2-19-12-5-3-4-11(10-12)6-7-13-15-17-18(16-13)9-8-14/h3-5,10H,2,6-9,14H2,1H3. The highest BCUT2D eigenvalue weighted by Gasteiger charge is 2.03. The summed E-state index contributed by atoms with van der Waals surface area (Å²) in [5, 5.41) is 12.2. The highest BCUT2D eigenvalue weighted by atomic mass is 16.5. The molecule has 0 radical (unpaired) electrons. The molecule has 2 N–H and O–H groups in total. The highest BCUT2D eigenvalue weighted by Crippen LogP contribution is 2.14. The van der Waals surface area contributed by atoms with Crippen LogP contribution in [0, 0.1) is 0 Å². The minimum absolute atomic E-state index is 0.520. The summed E-state index contributed by atoms with van der Waals surface area (Å²) in [6, 6.07) is 8.09. The SMILES string of the molecule is CCOc1cccc(CCc2nnn(CCN)n2)c1. The Bertz CT molecular complexity index is 511. The molecule has 0 aliphatic heterocycles. The fourth-order valence-electron chi connectivity index (χ4n) is 1.80. The molecule has 0 bridgehead atoms. The Kier molecular flexibility index (Phi) is 4.85. The van der Waals surface area contributed by atoms with Crippen LogP contribution in [0.5, 0.6) is 5.75 Å². The lowest BCUT2D eigenvalue weighted by atomic mass is 10.1. The van der Waals surface area contributed by atoms with Crippen molar-refractivity contribution in [2.24, 2.45) is 5.73 Å². The van der Waals surface area contributed by atoms with E-state index in [4.69, 9.17) is 10.5 Å². The average molecular weight is 261 g/mol. The van der Waals surface area contributed by atoms with Crippen molar-refractivity contribution in [3.05, 3.63) is 35.7 Å². The van der Waals surface area contributed by atoms with Crippen LogP contribution in [-0.4, -0.2) is 33.4 Å². The van der Waals surface area contributed by atoms with Crippen LogP contribution in [0.4, 0.5) is 0 Å². The van der Waals surface area contributed by atoms with Gasteiger partial charge < -0.3 is 10.5 Å². The number of aryl methyl sites for hydroxylation is 2. The maximum absolute atomic E-state index is 5.47. The quantitative estimate of drug-likeness (QED) is 0.798. The molecule has 0 spiro atoms. The second kappa shape index (κ2) is 6.84. The number of rotatable bonds is 7. The van der Waals surface area contributed by atoms with Crippen LogP contribution >= 0.6 is 0 Å². The molecule has 0 fully saturated rings. The van der Waals surface area contributed by atoms with Crippen molar-refractivity contribution in [1.29, 1.82) is 0 Å². The summed E-state index contributed by atoms with van der Waals surface area (Å²) in [6.07, 6.45) is 1.63. The van der Waals surface area contributed by atoms with Crippen LogP contribution in [0.1, 0.15) is 18.3 Å². The number of hydrogen-bond acceptors (Lipinski definition) is 5. The van der Waals surface area contributed by atoms with Gasteiger partial charge in [0.2, 0.25) is 0 Å². The third kappa shape index (κ3) is 4.03. The number of ether oxygens (including phenoxy) is 1. The van der Waals surface area contributed by atoms with Gasteiger partial charge in [-0.2, -0.15) is 4.80 Å². The first-order valence-corrected chi connectivity index (χ1v) is 6.50. The van der Waals surface area contributed by atoms with Crippen LogP contribution in [-0.2, 0) is 19.4 Å². The van der Waals surface area contributed by atoms with Gasteiger partial charge in [0.1, 0.15) is 5.75 Å². The summed E-state index contributed by atoms with van der Waals surface area (Å²) in [4.78, 5) is 1.53. The zero-order chi connectivity index (χ0) is 13.5. The Labute approximate surface area is 112 Å². The van der Waals surface area contributed by atoms with Gasteiger partial charge in [-0.1, -0.05) is 12.1 Å². The van der Waals surface area contributed by atoms with E-state index in [0.717, 1.165) is 24.4 Å². The Hall–Kier alpha value is -1.95. The van der Waals surface area contributed by atoms with Crippen molar-refractivity contribution < 1.29 is 4.74 Å². The summed E-state index contributed by atoms with van der Waals surface area (Å²) in [6.45, 7) is 3.78. The zero-order valence-electron chi connectivity index (χ0n) is 11.1. The molecule has 0 atom stereocenters. The first-order valence-electron chi connectivity index (χ1n) is 6.50. The first-order chi connectivity index (χ1) is 9.31. The predicted molar refractivity (Wildman–Crippen MR) is 71.9 cm³/mol. The van der Waals surface area contributed by atoms with Gasteiger partial charge in [0.05, 0.1) is 13.2 Å². The van der Waals surface area contributed by atoms with E-state index in [-0.39, 0.29) is 0 Å². The zero-order valence-corrected chi connectivity index (χ0v) is 11.1. The van der Waals surface area contributed by atoms with Crippen molar-refractivity contribution >= 4 is 0 Å². The number of aromatic nitrogens is 4. The van der Waals surface area contributed by atoms with Crippen LogP contribution in [0.15, 0.2) is 24.3 Å². The maximum Gasteiger partial charge on any atom is 0.175 e. The number of tetrazole rings is 1. The van der Waals surface area contributed by atoms with Gasteiger partial charge in [0, 0.05) is 13.0 Å². The van der Waals surface area contributed by atoms with Gasteiger partial charge in [-0.05, 0) is 36.3 Å². The van der Waals surface area contributed by atoms with E-state index in [2.05, 4.69) is 21.5 Å². The molecular formula is C13H19N5O. The van der Waals surface area contributed by atoms with Crippen molar-refractivity contribution in [2.45, 2.75) is 26.3 Å². The van der Waals surface area contributed by atoms with Crippen LogP contribution in [0.3, 0.4) is 0 Å². The van der Waals surface area contributed by atoms with Gasteiger partial charge in [0.15, 0.2) is 5.82 Å². The van der Waals surface area contributed by atoms with Gasteiger partial charge in [-0.3, -0.25) is 0 Å². The summed E-state index contributed by atoms with van der Waals surface area (Å²) in [7, 11) is 0. The minimum Gasteiger partial charge on any atom is -0.494 e. The number of nitrogens with zero attached hydrogens (tertiary/aromatic N) is 4. The van der Waals surface area contributed by atoms with E-state index >= 15 is 0 Å². The Morgan fingerprint density at radius 1 is 1.32 bits per heavy atom. The third-order valence-electron chi connectivity index (χ3n) is 2.67. The van der Waals surface area contributed by atoms with E-state index in [1.807, 2.05) is 25.1 Å². The molecule has 102 valence electrons. The van der Waals surface area contributed by atoms with Crippen molar-refractivity contribution in [3.63, 3.8) is 0 Å². The summed E-state index contributed by atoms with van der Waals surface area (Å²) in [5.41, 5.74) is 6.65. The predicted octanol–water partition coefficient (Wildman–Crippen LogP) is 0.816. The van der Waals surface area contributed by atoms with Crippen molar-refractivity contribution in [3.8, 4) is 5.75 Å². The van der Waals surface area contributed by atoms with E-state index in [9.17, 15) is 0 Å². The maximum atomic E-state index is 5.47. The molecule has 2 aromatic rings. The topological polar surface area (TPSA) is 78.9 Å². The lowest BCUT2D eigenvalue weighted by Crippen LogP contribution is -2.12. The third-order valence-corrected chi connectivity index (χ3v) is 2.67. The van der Waals surface area contributed by atoms with Gasteiger partial charge in [0.25, 0.3) is 0 Å². The second-order valence-electron chi connectivity index (χ2n) is 4.17. The van der Waals surface area contributed by atoms with Crippen molar-refractivity contribution in [1.82, 2.24) is 20.2 Å². The Morgan fingerprint density at radius 3 is 3.00 bits per heavy atom. The van der Waals surface area contributed by atoms with Crippen LogP contribution in [0.25, 0.3) is 0 Å². The fourth-order valence-corrected chi connectivity index (χ4v) is 1.80. The van der Waals surface area contributed by atoms with E-state index in [1.165, 1.54) is 10.4 Å². The number of nitrogens with two attached hydrogens (primary N) is 1. The first kappa shape index (κ1) is 13.5. The van der Waals surface area contributed by atoms with E-state index < -0.39 is 0 Å². The van der Waals surface area contributed by atoms with Gasteiger partial charge in [-0.15, -0.1) is 10.2 Å². The molecule has 1 heterocycles. The van der Waals surface area contributed by atoms with Crippen molar-refractivity contribution in [2.75, 3.05) is 13.2 Å². The largest absolute Gasteiger partial charge is 0.494 e. The van der Waals surface area contributed by atoms with Crippen LogP contribution < -0.4 is 10.5 Å². The van der Waals surface area contributed by atoms with Crippen LogP contribution in [0.2, 0.25) is 0 Å². The monoisotopic (exact) mass is 261 g/mol. The normalized spacial score (nSPS) is 10.6. The average Bonchev–Trinajstić information content (AvgIpc) is 2.86. The highest BCUT2D eigenvalue weighted by molar-refractivity contribution is 5.28. The molecule has 0 saturated heterocycles. The molecule has 0 aliphatic rings. The van der Waals surface area contributed by atoms with Gasteiger partial charge >= 0.3 is 0 Å². The second-order valence-corrected chi connectivity index (χ2v) is 4.17. The molecule has 0 saturated carbocycles. The van der Waals surface area contributed by atoms with E-state index in [0.29, 0.717) is 19.7 Å². The molecule has 2 rings (SSSR count). The molecule has 6 heteroatoms. The number of benzene rings is 1. The van der Waals surface area contributed by atoms with Gasteiger partial charge in [-0.25, -0.2) is 0 Å². The summed E-state index contributed by atoms with van der Waals surface area (Å²) >= 11 is 0. The minimum atomic E-state index is 0.520. The summed E-state index contributed by atoms with van der Waals surface area (Å²) in [5.74, 6) is 1.65.